The molecule has 3 saturated heterocycles. The molecule has 3 heterocycles. The fourth-order valence-electron chi connectivity index (χ4n) is 6.13. The van der Waals surface area contributed by atoms with E-state index >= 15 is 0 Å². The third-order valence-electron chi connectivity index (χ3n) is 8.03. The quantitative estimate of drug-likeness (QED) is 0.326. The summed E-state index contributed by atoms with van der Waals surface area (Å²) in [4.78, 5) is 15.7. The summed E-state index contributed by atoms with van der Waals surface area (Å²) in [6.07, 6.45) is -1.04. The van der Waals surface area contributed by atoms with Crippen LogP contribution in [0.15, 0.2) is 91.0 Å². The zero-order valence-electron chi connectivity index (χ0n) is 23.1. The molecule has 6 rings (SSSR count). The number of amides is 1. The molecule has 3 fully saturated rings. The average Bonchev–Trinajstić information content (AvgIpc) is 3.46. The summed E-state index contributed by atoms with van der Waals surface area (Å²) in [5.74, 6) is -1.03. The molecule has 3 aromatic carbocycles. The topological polar surface area (TPSA) is 66.5 Å². The van der Waals surface area contributed by atoms with Crippen molar-refractivity contribution < 1.29 is 28.5 Å². The van der Waals surface area contributed by atoms with Gasteiger partial charge in [0.05, 0.1) is 57.1 Å². The summed E-state index contributed by atoms with van der Waals surface area (Å²) in [5.41, 5.74) is 3.23. The van der Waals surface area contributed by atoms with E-state index in [1.807, 2.05) is 110 Å². The van der Waals surface area contributed by atoms with E-state index in [9.17, 15) is 4.79 Å². The van der Waals surface area contributed by atoms with Gasteiger partial charge in [-0.25, -0.2) is 0 Å². The molecule has 3 aliphatic heterocycles. The van der Waals surface area contributed by atoms with Crippen LogP contribution in [0.3, 0.4) is 0 Å². The van der Waals surface area contributed by atoms with Crippen LogP contribution in [0.2, 0.25) is 0 Å². The van der Waals surface area contributed by atoms with Crippen LogP contribution in [0, 0.1) is 5.92 Å². The molecule has 0 N–H and O–H groups in total. The molecule has 0 saturated carbocycles. The summed E-state index contributed by atoms with van der Waals surface area (Å²) in [6.45, 7) is 5.80. The lowest BCUT2D eigenvalue weighted by atomic mass is 9.82. The molecule has 0 bridgehead atoms. The van der Waals surface area contributed by atoms with Crippen LogP contribution in [0.25, 0.3) is 0 Å². The number of benzene rings is 3. The molecular formula is C33H37NO6. The fourth-order valence-corrected chi connectivity index (χ4v) is 6.13. The van der Waals surface area contributed by atoms with Crippen LogP contribution >= 0.6 is 0 Å². The minimum absolute atomic E-state index is 0.0451. The molecule has 0 aromatic heterocycles. The first-order valence-electron chi connectivity index (χ1n) is 14.1. The molecule has 3 aromatic rings. The van der Waals surface area contributed by atoms with E-state index in [2.05, 4.69) is 0 Å². The average molecular weight is 544 g/mol. The van der Waals surface area contributed by atoms with Crippen LogP contribution in [-0.2, 0) is 48.3 Å². The predicted octanol–water partition coefficient (Wildman–Crippen LogP) is 4.73. The lowest BCUT2D eigenvalue weighted by molar-refractivity contribution is -0.185. The number of rotatable bonds is 11. The van der Waals surface area contributed by atoms with E-state index in [1.165, 1.54) is 0 Å². The smallest absolute Gasteiger partial charge is 0.231 e. The normalized spacial score (nSPS) is 28.9. The van der Waals surface area contributed by atoms with Crippen LogP contribution in [-0.4, -0.2) is 60.2 Å². The molecule has 0 aliphatic carbocycles. The van der Waals surface area contributed by atoms with Crippen molar-refractivity contribution in [2.75, 3.05) is 13.2 Å². The Bertz CT molecular complexity index is 1250. The maximum Gasteiger partial charge on any atom is 0.231 e. The van der Waals surface area contributed by atoms with Crippen molar-refractivity contribution in [2.24, 2.45) is 5.92 Å². The molecule has 210 valence electrons. The van der Waals surface area contributed by atoms with Crippen molar-refractivity contribution in [3.63, 3.8) is 0 Å². The van der Waals surface area contributed by atoms with Gasteiger partial charge in [-0.2, -0.15) is 0 Å². The zero-order chi connectivity index (χ0) is 27.5. The Hall–Kier alpha value is -3.07. The number of ether oxygens (including phenoxy) is 5. The van der Waals surface area contributed by atoms with Gasteiger partial charge in [-0.3, -0.25) is 4.79 Å². The first kappa shape index (κ1) is 27.1. The maximum atomic E-state index is 13.7. The third-order valence-corrected chi connectivity index (χ3v) is 8.03. The Morgan fingerprint density at radius 3 is 1.82 bits per heavy atom. The number of hydrogen-bond donors (Lipinski definition) is 0. The molecule has 0 radical (unpaired) electrons. The van der Waals surface area contributed by atoms with E-state index in [0.717, 1.165) is 16.7 Å². The summed E-state index contributed by atoms with van der Waals surface area (Å²) in [7, 11) is 0. The second-order valence-corrected chi connectivity index (χ2v) is 11.2. The first-order chi connectivity index (χ1) is 19.5. The largest absolute Gasteiger partial charge is 0.375 e. The Morgan fingerprint density at radius 1 is 0.775 bits per heavy atom. The Kier molecular flexibility index (Phi) is 8.01. The van der Waals surface area contributed by atoms with Gasteiger partial charge in [0.1, 0.15) is 12.2 Å². The third kappa shape index (κ3) is 5.71. The Balaban J connectivity index is 1.26. The van der Waals surface area contributed by atoms with Crippen molar-refractivity contribution in [1.82, 2.24) is 4.90 Å². The number of carbonyl (C=O) groups is 1. The summed E-state index contributed by atoms with van der Waals surface area (Å²) in [5, 5.41) is 0. The van der Waals surface area contributed by atoms with Crippen LogP contribution < -0.4 is 0 Å². The summed E-state index contributed by atoms with van der Waals surface area (Å²) in [6, 6.07) is 29.8. The van der Waals surface area contributed by atoms with Crippen molar-refractivity contribution in [3.05, 3.63) is 108 Å². The second-order valence-electron chi connectivity index (χ2n) is 11.2. The van der Waals surface area contributed by atoms with Crippen molar-refractivity contribution in [2.45, 2.75) is 69.9 Å². The number of nitrogens with zero attached hydrogens (tertiary/aromatic N) is 1. The van der Waals surface area contributed by atoms with E-state index in [0.29, 0.717) is 33.0 Å². The minimum Gasteiger partial charge on any atom is -0.375 e. The highest BCUT2D eigenvalue weighted by atomic mass is 16.7. The van der Waals surface area contributed by atoms with Gasteiger partial charge in [-0.05, 0) is 30.5 Å². The SMILES string of the molecule is CC1(C)OC[C@H]([C@@H]2C(=O)N3[C@H]2[C@@H](OCc2ccccc2)[C@H](OCc2ccccc2)[C@H]3COCc2ccccc2)O1. The number of hydrogen-bond acceptors (Lipinski definition) is 6. The van der Waals surface area contributed by atoms with Crippen LogP contribution in [0.5, 0.6) is 0 Å². The van der Waals surface area contributed by atoms with Gasteiger partial charge in [0.25, 0.3) is 0 Å². The highest BCUT2D eigenvalue weighted by molar-refractivity contribution is 5.88. The molecular weight excluding hydrogens is 506 g/mol. The fraction of sp³-hybridized carbons (Fsp3) is 0.424. The first-order valence-corrected chi connectivity index (χ1v) is 14.1. The predicted molar refractivity (Wildman–Crippen MR) is 149 cm³/mol. The van der Waals surface area contributed by atoms with Crippen molar-refractivity contribution >= 4 is 5.91 Å². The summed E-state index contributed by atoms with van der Waals surface area (Å²) >= 11 is 0. The van der Waals surface area contributed by atoms with Crippen molar-refractivity contribution in [1.29, 1.82) is 0 Å². The van der Waals surface area contributed by atoms with Gasteiger partial charge in [0.15, 0.2) is 5.79 Å². The summed E-state index contributed by atoms with van der Waals surface area (Å²) < 4.78 is 31.5. The number of β-lactam (4-membered cyclic amide) rings is 1. The van der Waals surface area contributed by atoms with E-state index < -0.39 is 5.79 Å². The van der Waals surface area contributed by atoms with E-state index in [-0.39, 0.29) is 42.2 Å². The van der Waals surface area contributed by atoms with Crippen LogP contribution in [0.1, 0.15) is 30.5 Å². The highest BCUT2D eigenvalue weighted by Crippen LogP contribution is 2.47. The molecule has 0 unspecified atom stereocenters. The lowest BCUT2D eigenvalue weighted by Crippen LogP contribution is -2.67. The highest BCUT2D eigenvalue weighted by Gasteiger charge is 2.67. The maximum absolute atomic E-state index is 13.7. The van der Waals surface area contributed by atoms with Gasteiger partial charge in [0.2, 0.25) is 5.91 Å². The molecule has 6 atom stereocenters. The van der Waals surface area contributed by atoms with Crippen LogP contribution in [0.4, 0.5) is 0 Å². The van der Waals surface area contributed by atoms with Gasteiger partial charge in [-0.15, -0.1) is 0 Å². The molecule has 7 nitrogen and oxygen atoms in total. The second kappa shape index (κ2) is 11.8. The van der Waals surface area contributed by atoms with Gasteiger partial charge < -0.3 is 28.6 Å². The molecule has 3 aliphatic rings. The molecule has 1 amide bonds. The Labute approximate surface area is 235 Å². The van der Waals surface area contributed by atoms with Gasteiger partial charge in [-0.1, -0.05) is 91.0 Å². The molecule has 7 heteroatoms. The van der Waals surface area contributed by atoms with E-state index in [1.54, 1.807) is 0 Å². The van der Waals surface area contributed by atoms with Gasteiger partial charge >= 0.3 is 0 Å². The Morgan fingerprint density at radius 2 is 1.30 bits per heavy atom. The number of fused-ring (bicyclic) bond motifs is 1. The zero-order valence-corrected chi connectivity index (χ0v) is 23.1. The molecule has 40 heavy (non-hydrogen) atoms. The van der Waals surface area contributed by atoms with Gasteiger partial charge in [0, 0.05) is 0 Å². The number of carbonyl (C=O) groups excluding carboxylic acids is 1. The van der Waals surface area contributed by atoms with Crippen molar-refractivity contribution in [3.8, 4) is 0 Å². The molecule has 0 spiro atoms. The van der Waals surface area contributed by atoms with E-state index in [4.69, 9.17) is 23.7 Å². The lowest BCUT2D eigenvalue weighted by Gasteiger charge is -2.48. The standard InChI is InChI=1S/C33H37NO6/c1-33(2)39-22-27(40-33)28-29-31(38-20-25-16-10-5-11-17-25)30(37-19-24-14-8-4-9-15-24)26(34(29)32(28)35)21-36-18-23-12-6-3-7-13-23/h3-17,26-31H,18-22H2,1-2H3/t26-,27-,28+,29-,30-,31-/m1/s1. The minimum atomic E-state index is -0.716. The monoisotopic (exact) mass is 543 g/mol.